The van der Waals surface area contributed by atoms with Gasteiger partial charge in [0.25, 0.3) is 0 Å². The van der Waals surface area contributed by atoms with Crippen LogP contribution in [-0.2, 0) is 14.8 Å². The molecule has 0 saturated carbocycles. The van der Waals surface area contributed by atoms with Crippen molar-refractivity contribution in [1.29, 1.82) is 0 Å². The van der Waals surface area contributed by atoms with Crippen molar-refractivity contribution in [3.05, 3.63) is 0 Å². The van der Waals surface area contributed by atoms with Gasteiger partial charge in [0.1, 0.15) is 6.54 Å². The van der Waals surface area contributed by atoms with E-state index in [0.29, 0.717) is 29.7 Å². The van der Waals surface area contributed by atoms with Gasteiger partial charge in [-0.2, -0.15) is 17.5 Å². The number of nitrogens with one attached hydrogen (secondary N) is 1. The van der Waals surface area contributed by atoms with E-state index >= 15 is 0 Å². The average Bonchev–Trinajstić information content (AvgIpc) is 2.57. The Bertz CT molecular complexity index is 575. The van der Waals surface area contributed by atoms with Crippen molar-refractivity contribution < 1.29 is 26.4 Å². The predicted octanol–water partition coefficient (Wildman–Crippen LogP) is 2.00. The number of nitrogens with zero attached hydrogens (tertiary/aromatic N) is 2. The van der Waals surface area contributed by atoms with Gasteiger partial charge in [0, 0.05) is 25.6 Å². The van der Waals surface area contributed by atoms with Gasteiger partial charge in [-0.3, -0.25) is 4.79 Å². The van der Waals surface area contributed by atoms with Crippen LogP contribution >= 0.6 is 12.4 Å². The first-order valence-corrected chi connectivity index (χ1v) is 10.9. The van der Waals surface area contributed by atoms with Gasteiger partial charge in [0.15, 0.2) is 0 Å². The lowest BCUT2D eigenvalue weighted by Gasteiger charge is -2.37. The monoisotopic (exact) mass is 435 g/mol. The second-order valence-corrected chi connectivity index (χ2v) is 9.20. The highest BCUT2D eigenvalue weighted by Crippen LogP contribution is 2.26. The molecule has 27 heavy (non-hydrogen) atoms. The van der Waals surface area contributed by atoms with Gasteiger partial charge in [-0.15, -0.1) is 12.4 Å². The molecule has 0 aromatic carbocycles. The smallest absolute Gasteiger partial charge is 0.343 e. The average molecular weight is 436 g/mol. The molecule has 2 fully saturated rings. The summed E-state index contributed by atoms with van der Waals surface area (Å²) in [5, 5.41) is 3.28. The third-order valence-corrected chi connectivity index (χ3v) is 6.49. The fourth-order valence-corrected chi connectivity index (χ4v) is 4.89. The lowest BCUT2D eigenvalue weighted by molar-refractivity contribution is -0.143. The van der Waals surface area contributed by atoms with Crippen molar-refractivity contribution in [2.45, 2.75) is 50.7 Å². The summed E-state index contributed by atoms with van der Waals surface area (Å²) in [6.07, 6.45) is 0.120. The molecule has 11 heteroatoms. The van der Waals surface area contributed by atoms with Gasteiger partial charge < -0.3 is 10.2 Å². The minimum atomic E-state index is -4.58. The Labute approximate surface area is 165 Å². The van der Waals surface area contributed by atoms with Crippen molar-refractivity contribution in [1.82, 2.24) is 14.5 Å². The van der Waals surface area contributed by atoms with Crippen LogP contribution in [0, 0.1) is 5.92 Å². The van der Waals surface area contributed by atoms with E-state index in [1.54, 1.807) is 4.90 Å². The van der Waals surface area contributed by atoms with Gasteiger partial charge in [0.2, 0.25) is 15.9 Å². The first-order valence-electron chi connectivity index (χ1n) is 9.08. The molecule has 0 radical (unpaired) electrons. The lowest BCUT2D eigenvalue weighted by atomic mass is 9.93. The second kappa shape index (κ2) is 10.3. The third-order valence-electron chi connectivity index (χ3n) is 5.21. The normalized spacial score (nSPS) is 20.6. The molecule has 2 heterocycles. The van der Waals surface area contributed by atoms with E-state index in [1.807, 2.05) is 0 Å². The summed E-state index contributed by atoms with van der Waals surface area (Å²) in [6, 6.07) is -0.708. The predicted molar refractivity (Wildman–Crippen MR) is 99.3 cm³/mol. The van der Waals surface area contributed by atoms with Crippen LogP contribution in [0.1, 0.15) is 38.5 Å². The minimum absolute atomic E-state index is 0. The van der Waals surface area contributed by atoms with E-state index in [4.69, 9.17) is 0 Å². The molecule has 1 amide bonds. The standard InChI is InChI=1S/C16H28F3N3O3S.ClH/c1-26(24,25)22(12-16(17,18)19)14-6-10-21(11-7-14)15(23)3-2-13-4-8-20-9-5-13;/h13-14,20H,2-12H2,1H3;1H. The fourth-order valence-electron chi connectivity index (χ4n) is 3.75. The maximum Gasteiger partial charge on any atom is 0.402 e. The molecule has 0 aromatic heterocycles. The van der Waals surface area contributed by atoms with Gasteiger partial charge in [-0.25, -0.2) is 8.42 Å². The van der Waals surface area contributed by atoms with Crippen LogP contribution in [0.2, 0.25) is 0 Å². The van der Waals surface area contributed by atoms with Crippen LogP contribution in [0.15, 0.2) is 0 Å². The van der Waals surface area contributed by atoms with Crippen LogP contribution in [0.5, 0.6) is 0 Å². The number of carbonyl (C=O) groups excluding carboxylic acids is 1. The number of halogens is 4. The number of hydrogen-bond donors (Lipinski definition) is 1. The Morgan fingerprint density at radius 2 is 1.70 bits per heavy atom. The van der Waals surface area contributed by atoms with Crippen molar-refractivity contribution in [3.8, 4) is 0 Å². The van der Waals surface area contributed by atoms with Crippen molar-refractivity contribution >= 4 is 28.3 Å². The molecule has 0 bridgehead atoms. The summed E-state index contributed by atoms with van der Waals surface area (Å²) < 4.78 is 62.1. The van der Waals surface area contributed by atoms with Crippen LogP contribution in [0.3, 0.4) is 0 Å². The Morgan fingerprint density at radius 1 is 1.15 bits per heavy atom. The second-order valence-electron chi connectivity index (χ2n) is 7.27. The van der Waals surface area contributed by atoms with Crippen molar-refractivity contribution in [3.63, 3.8) is 0 Å². The molecule has 0 spiro atoms. The molecule has 0 atom stereocenters. The third kappa shape index (κ3) is 8.13. The Balaban J connectivity index is 0.00000364. The van der Waals surface area contributed by atoms with Crippen LogP contribution in [-0.4, -0.2) is 74.7 Å². The van der Waals surface area contributed by atoms with Crippen LogP contribution in [0.4, 0.5) is 13.2 Å². The fraction of sp³-hybridized carbons (Fsp3) is 0.938. The van der Waals surface area contributed by atoms with Crippen LogP contribution in [0.25, 0.3) is 0 Å². The number of alkyl halides is 3. The molecule has 0 aromatic rings. The van der Waals surface area contributed by atoms with E-state index < -0.39 is 28.8 Å². The largest absolute Gasteiger partial charge is 0.402 e. The first-order chi connectivity index (χ1) is 12.1. The highest BCUT2D eigenvalue weighted by atomic mass is 35.5. The minimum Gasteiger partial charge on any atom is -0.343 e. The number of hydrogen-bond acceptors (Lipinski definition) is 4. The number of piperidine rings is 2. The summed E-state index contributed by atoms with van der Waals surface area (Å²) >= 11 is 0. The number of rotatable bonds is 6. The zero-order chi connectivity index (χ0) is 19.4. The molecule has 2 aliphatic heterocycles. The SMILES string of the molecule is CS(=O)(=O)N(CC(F)(F)F)C1CCN(C(=O)CCC2CCNCC2)CC1.Cl. The van der Waals surface area contributed by atoms with Gasteiger partial charge in [-0.1, -0.05) is 0 Å². The molecule has 2 aliphatic rings. The van der Waals surface area contributed by atoms with E-state index in [-0.39, 0.29) is 31.2 Å². The summed E-state index contributed by atoms with van der Waals surface area (Å²) in [5.41, 5.74) is 0. The maximum atomic E-state index is 12.7. The zero-order valence-corrected chi connectivity index (χ0v) is 17.1. The molecule has 1 N–H and O–H groups in total. The Kier molecular flexibility index (Phi) is 9.30. The molecular weight excluding hydrogens is 407 g/mol. The Morgan fingerprint density at radius 3 is 2.19 bits per heavy atom. The molecule has 6 nitrogen and oxygen atoms in total. The van der Waals surface area contributed by atoms with Gasteiger partial charge >= 0.3 is 6.18 Å². The quantitative estimate of drug-likeness (QED) is 0.692. The maximum absolute atomic E-state index is 12.7. The molecule has 2 saturated heterocycles. The van der Waals surface area contributed by atoms with E-state index in [9.17, 15) is 26.4 Å². The molecule has 2 rings (SSSR count). The van der Waals surface area contributed by atoms with Gasteiger partial charge in [-0.05, 0) is 51.1 Å². The van der Waals surface area contributed by atoms with Crippen molar-refractivity contribution in [2.75, 3.05) is 39.0 Å². The number of carbonyl (C=O) groups is 1. The summed E-state index contributed by atoms with van der Waals surface area (Å²) in [7, 11) is -3.96. The summed E-state index contributed by atoms with van der Waals surface area (Å²) in [4.78, 5) is 14.0. The Hall–Kier alpha value is -0.580. The van der Waals surface area contributed by atoms with Crippen molar-refractivity contribution in [2.24, 2.45) is 5.92 Å². The molecule has 0 aliphatic carbocycles. The van der Waals surface area contributed by atoms with Gasteiger partial charge in [0.05, 0.1) is 6.26 Å². The topological polar surface area (TPSA) is 69.7 Å². The summed E-state index contributed by atoms with van der Waals surface area (Å²) in [6.45, 7) is 1.09. The lowest BCUT2D eigenvalue weighted by Crippen LogP contribution is -2.51. The zero-order valence-electron chi connectivity index (χ0n) is 15.5. The number of amides is 1. The highest BCUT2D eigenvalue weighted by molar-refractivity contribution is 7.88. The van der Waals surface area contributed by atoms with E-state index in [0.717, 1.165) is 38.6 Å². The van der Waals surface area contributed by atoms with Crippen LogP contribution < -0.4 is 5.32 Å². The summed E-state index contributed by atoms with van der Waals surface area (Å²) in [5.74, 6) is 0.564. The van der Waals surface area contributed by atoms with E-state index in [2.05, 4.69) is 5.32 Å². The molecule has 0 unspecified atom stereocenters. The first kappa shape index (κ1) is 24.5. The molecule has 160 valence electrons. The number of likely N-dealkylation sites (tertiary alicyclic amines) is 1. The van der Waals surface area contributed by atoms with E-state index in [1.165, 1.54) is 0 Å². The molecular formula is C16H29ClF3N3O3S. The number of sulfonamides is 1. The highest BCUT2D eigenvalue weighted by Gasteiger charge is 2.39.